The number of hydrogen-bond donors (Lipinski definition) is 1. The van der Waals surface area contributed by atoms with E-state index in [-0.39, 0.29) is 46.0 Å². The summed E-state index contributed by atoms with van der Waals surface area (Å²) >= 11 is 0. The largest absolute Gasteiger partial charge is 0.354 e. The Balaban J connectivity index is 0.990. The third kappa shape index (κ3) is 11.0. The fourth-order valence-electron chi connectivity index (χ4n) is 17.1. The van der Waals surface area contributed by atoms with Gasteiger partial charge in [0.2, 0.25) is 0 Å². The monoisotopic (exact) mass is 1380 g/mol. The van der Waals surface area contributed by atoms with E-state index < -0.39 is 12.8 Å². The lowest BCUT2D eigenvalue weighted by molar-refractivity contribution is 0.590. The molecule has 0 aliphatic carbocycles. The number of hydrogen-bond acceptors (Lipinski definition) is 2. The minimum Gasteiger partial charge on any atom is -0.354 e. The zero-order valence-corrected chi connectivity index (χ0v) is 61.8. The van der Waals surface area contributed by atoms with Crippen molar-refractivity contribution in [2.75, 3.05) is 9.80 Å². The molecule has 0 unspecified atom stereocenters. The van der Waals surface area contributed by atoms with E-state index in [1.807, 2.05) is 12.1 Å². The van der Waals surface area contributed by atoms with Crippen LogP contribution in [0, 0.1) is 0 Å². The van der Waals surface area contributed by atoms with Crippen LogP contribution in [0.4, 0.5) is 34.1 Å². The first-order valence-corrected chi connectivity index (χ1v) is 37.4. The van der Waals surface area contributed by atoms with Crippen LogP contribution in [0.1, 0.15) is 85.9 Å². The molecule has 0 saturated carbocycles. The summed E-state index contributed by atoms with van der Waals surface area (Å²) in [5.41, 5.74) is 30.9. The molecule has 4 nitrogen and oxygen atoms in total. The van der Waals surface area contributed by atoms with E-state index >= 15 is 0 Å². The number of aromatic nitrogens is 2. The van der Waals surface area contributed by atoms with E-state index in [0.29, 0.717) is 5.56 Å². The maximum absolute atomic E-state index is 9.62. The van der Waals surface area contributed by atoms with Gasteiger partial charge in [-0.2, -0.15) is 0 Å². The average molecular weight is 1380 g/mol. The Labute approximate surface area is 635 Å². The molecule has 2 aromatic heterocycles. The summed E-state index contributed by atoms with van der Waals surface area (Å²) in [6, 6.07) is 109. The van der Waals surface area contributed by atoms with Crippen molar-refractivity contribution in [2.24, 2.45) is 0 Å². The number of anilines is 6. The topological polar surface area (TPSA) is 27.2 Å². The molecule has 19 rings (SSSR count). The van der Waals surface area contributed by atoms with Gasteiger partial charge in [-0.3, -0.25) is 0 Å². The van der Waals surface area contributed by atoms with Crippen molar-refractivity contribution in [3.8, 4) is 83.6 Å². The Morgan fingerprint density at radius 1 is 0.308 bits per heavy atom. The minimum atomic E-state index is -0.460. The van der Waals surface area contributed by atoms with Crippen molar-refractivity contribution >= 4 is 101 Å². The predicted octanol–water partition coefficient (Wildman–Crippen LogP) is 26.1. The molecule has 5 heteroatoms. The van der Waals surface area contributed by atoms with Gasteiger partial charge in [-0.05, 0) is 183 Å². The molecule has 15 aromatic carbocycles. The summed E-state index contributed by atoms with van der Waals surface area (Å²) in [7, 11) is 0. The number of H-pyrrole nitrogens is 1. The van der Waals surface area contributed by atoms with Gasteiger partial charge in [0.25, 0.3) is 6.71 Å². The molecule has 0 radical (unpaired) electrons. The molecule has 514 valence electrons. The van der Waals surface area contributed by atoms with Gasteiger partial charge in [-0.15, -0.1) is 0 Å². The summed E-state index contributed by atoms with van der Waals surface area (Å²) in [4.78, 5) is 9.34. The standard InChI is InChI=1S/C102H83BN4/c1-100(2,3)72-49-56-90-85(59-72)86-60-73(101(4,5)6)50-57-91(86)105(90)76-53-55-88-93(63-76)107(98-83(69-36-21-13-22-37-69)61-74(102(7,8)9)62-84(98)70-38-23-14-24-39-70)94-64-89-95(82-45-29-44-81(97(82)104-89)80-43-28-27-42-79(80)78-41-26-25-40-77(78)68-34-19-12-20-35-68)99-96(94)103(88)87-54-48-71(66-32-17-11-18-33-66)58-92(87)106(99)75-51-46-67(47-52-75)65-30-15-10-16-31-65/h10-64,104H,1-9H3/i11D,17D,18D,32D,33D. The third-order valence-electron chi connectivity index (χ3n) is 22.5. The van der Waals surface area contributed by atoms with E-state index in [0.717, 1.165) is 156 Å². The number of para-hydroxylation sites is 1. The van der Waals surface area contributed by atoms with Crippen LogP contribution in [-0.4, -0.2) is 16.3 Å². The number of fused-ring (bicyclic) bond motifs is 11. The summed E-state index contributed by atoms with van der Waals surface area (Å²) in [5, 5.41) is 4.44. The molecule has 0 bridgehead atoms. The highest BCUT2D eigenvalue weighted by atomic mass is 15.2. The average Bonchev–Trinajstić information content (AvgIpc) is 1.15. The molecule has 4 heterocycles. The minimum absolute atomic E-state index is 0.109. The Morgan fingerprint density at radius 3 is 1.33 bits per heavy atom. The highest BCUT2D eigenvalue weighted by Crippen LogP contribution is 2.55. The molecule has 0 saturated heterocycles. The highest BCUT2D eigenvalue weighted by Gasteiger charge is 2.46. The van der Waals surface area contributed by atoms with E-state index in [4.69, 9.17) is 4.11 Å². The molecule has 1 N–H and O–H groups in total. The third-order valence-corrected chi connectivity index (χ3v) is 22.5. The molecule has 107 heavy (non-hydrogen) atoms. The van der Waals surface area contributed by atoms with Gasteiger partial charge in [0.1, 0.15) is 0 Å². The second-order valence-corrected chi connectivity index (χ2v) is 32.1. The van der Waals surface area contributed by atoms with Crippen molar-refractivity contribution in [2.45, 2.75) is 78.6 Å². The summed E-state index contributed by atoms with van der Waals surface area (Å²) in [5.74, 6) is 0. The lowest BCUT2D eigenvalue weighted by atomic mass is 9.33. The second kappa shape index (κ2) is 25.1. The van der Waals surface area contributed by atoms with Crippen molar-refractivity contribution in [1.29, 1.82) is 0 Å². The lowest BCUT2D eigenvalue weighted by Gasteiger charge is -2.45. The molecule has 0 atom stereocenters. The normalized spacial score (nSPS) is 13.5. The van der Waals surface area contributed by atoms with Crippen LogP contribution in [0.3, 0.4) is 0 Å². The van der Waals surface area contributed by atoms with Crippen molar-refractivity contribution in [3.05, 3.63) is 350 Å². The second-order valence-electron chi connectivity index (χ2n) is 32.1. The first kappa shape index (κ1) is 59.9. The molecule has 2 aliphatic rings. The van der Waals surface area contributed by atoms with Crippen LogP contribution in [0.15, 0.2) is 334 Å². The van der Waals surface area contributed by atoms with E-state index in [2.05, 4.69) is 373 Å². The van der Waals surface area contributed by atoms with Crippen LogP contribution < -0.4 is 26.2 Å². The van der Waals surface area contributed by atoms with Gasteiger partial charge >= 0.3 is 0 Å². The number of aromatic amines is 1. The first-order chi connectivity index (χ1) is 54.1. The molecular formula is C102H83BN4. The van der Waals surface area contributed by atoms with E-state index in [1.54, 1.807) is 0 Å². The quantitative estimate of drug-likeness (QED) is 0.138. The summed E-state index contributed by atoms with van der Waals surface area (Å²) < 4.78 is 48.8. The van der Waals surface area contributed by atoms with Gasteiger partial charge < -0.3 is 19.4 Å². The Kier molecular flexibility index (Phi) is 14.1. The zero-order chi connectivity index (χ0) is 77.0. The lowest BCUT2D eigenvalue weighted by Crippen LogP contribution is -2.61. The van der Waals surface area contributed by atoms with Crippen LogP contribution >= 0.6 is 0 Å². The highest BCUT2D eigenvalue weighted by molar-refractivity contribution is 7.00. The van der Waals surface area contributed by atoms with Gasteiger partial charge in [-0.25, -0.2) is 0 Å². The molecule has 0 fully saturated rings. The van der Waals surface area contributed by atoms with Crippen molar-refractivity contribution in [1.82, 2.24) is 9.55 Å². The number of nitrogens with one attached hydrogen (secondary N) is 1. The maximum atomic E-state index is 9.62. The van der Waals surface area contributed by atoms with Gasteiger partial charge in [0.05, 0.1) is 40.3 Å². The fraction of sp³-hybridized carbons (Fsp3) is 0.118. The molecule has 2 aliphatic heterocycles. The Hall–Kier alpha value is -12.4. The molecular weight excluding hydrogens is 1290 g/mol. The van der Waals surface area contributed by atoms with Crippen LogP contribution in [0.25, 0.3) is 127 Å². The summed E-state index contributed by atoms with van der Waals surface area (Å²) in [6.07, 6.45) is 0. The van der Waals surface area contributed by atoms with Gasteiger partial charge in [0.15, 0.2) is 0 Å². The Morgan fingerprint density at radius 2 is 0.766 bits per heavy atom. The van der Waals surface area contributed by atoms with E-state index in [9.17, 15) is 2.74 Å². The maximum Gasteiger partial charge on any atom is 0.252 e. The summed E-state index contributed by atoms with van der Waals surface area (Å²) in [6.45, 7) is 20.3. The molecule has 0 amide bonds. The molecule has 0 spiro atoms. The van der Waals surface area contributed by atoms with Gasteiger partial charge in [-0.1, -0.05) is 323 Å². The van der Waals surface area contributed by atoms with Gasteiger partial charge in [0, 0.05) is 66.7 Å². The molecule has 17 aromatic rings. The first-order valence-electron chi connectivity index (χ1n) is 39.9. The van der Waals surface area contributed by atoms with Crippen molar-refractivity contribution in [3.63, 3.8) is 0 Å². The van der Waals surface area contributed by atoms with Crippen LogP contribution in [0.5, 0.6) is 0 Å². The number of nitrogens with zero attached hydrogens (tertiary/aromatic N) is 3. The van der Waals surface area contributed by atoms with Crippen molar-refractivity contribution < 1.29 is 6.85 Å². The smallest absolute Gasteiger partial charge is 0.252 e. The predicted molar refractivity (Wildman–Crippen MR) is 458 cm³/mol. The van der Waals surface area contributed by atoms with Crippen LogP contribution in [-0.2, 0) is 16.2 Å². The zero-order valence-electron chi connectivity index (χ0n) is 66.8. The van der Waals surface area contributed by atoms with Crippen LogP contribution in [0.2, 0.25) is 0 Å². The number of rotatable bonds is 10. The fourth-order valence-corrected chi connectivity index (χ4v) is 17.1. The number of benzene rings is 15. The van der Waals surface area contributed by atoms with E-state index in [1.165, 1.54) is 27.5 Å². The SMILES string of the molecule is [2H]c1c([2H])c([2H])c(-c2ccc3c(c2)N(c2ccc(-c4ccccc4)cc2)c2c4c(cc5[nH]c6c(-c7ccccc7-c7ccccc7-c7ccccc7)cccc6c25)N(c2c(-c5ccccc5)cc(C(C)(C)C)cc2-c2ccccc2)c2cc(-n5c6ccc(C(C)(C)C)cc6c6cc(C(C)(C)C)ccc65)ccc2B34)c([2H])c1[2H]. The Bertz CT molecular complexity index is 6520.